The van der Waals surface area contributed by atoms with Crippen LogP contribution in [-0.2, 0) is 4.79 Å². The highest BCUT2D eigenvalue weighted by atomic mass is 16.4. The van der Waals surface area contributed by atoms with E-state index in [1.807, 2.05) is 20.2 Å². The van der Waals surface area contributed by atoms with Crippen LogP contribution in [0.15, 0.2) is 12.2 Å². The summed E-state index contributed by atoms with van der Waals surface area (Å²) < 4.78 is 0.290. The number of carbonyl (C=O) groups is 1. The van der Waals surface area contributed by atoms with E-state index in [0.29, 0.717) is 13.0 Å². The van der Waals surface area contributed by atoms with Crippen molar-refractivity contribution in [3.8, 4) is 0 Å². The molecule has 0 aliphatic rings. The van der Waals surface area contributed by atoms with Crippen molar-refractivity contribution in [2.24, 2.45) is 0 Å². The van der Waals surface area contributed by atoms with Crippen LogP contribution in [0.3, 0.4) is 0 Å². The molecule has 0 amide bonds. The Morgan fingerprint density at radius 3 is 2.41 bits per heavy atom. The molecule has 0 spiro atoms. The Morgan fingerprint density at radius 1 is 1.35 bits per heavy atom. The van der Waals surface area contributed by atoms with Gasteiger partial charge in [-0.2, -0.15) is 0 Å². The Kier molecular flexibility index (Phi) is 7.07. The van der Waals surface area contributed by atoms with E-state index in [1.165, 1.54) is 0 Å². The SMILES string of the molecule is CCC/C=C/CC(O)C[N+](C)(C)C(C)C(=O)O. The van der Waals surface area contributed by atoms with Gasteiger partial charge in [-0.15, -0.1) is 0 Å². The lowest BCUT2D eigenvalue weighted by atomic mass is 10.1. The number of quaternary nitrogens is 1. The predicted molar refractivity (Wildman–Crippen MR) is 68.7 cm³/mol. The van der Waals surface area contributed by atoms with Crippen LogP contribution >= 0.6 is 0 Å². The quantitative estimate of drug-likeness (QED) is 0.504. The molecule has 0 aliphatic heterocycles. The zero-order valence-corrected chi connectivity index (χ0v) is 11.4. The number of unbranched alkanes of at least 4 members (excludes halogenated alkanes) is 1. The van der Waals surface area contributed by atoms with Gasteiger partial charge in [-0.1, -0.05) is 25.5 Å². The third kappa shape index (κ3) is 6.44. The molecule has 0 aromatic carbocycles. The Morgan fingerprint density at radius 2 is 1.94 bits per heavy atom. The number of hydrogen-bond donors (Lipinski definition) is 2. The average Bonchev–Trinajstić information content (AvgIpc) is 2.22. The van der Waals surface area contributed by atoms with E-state index in [4.69, 9.17) is 5.11 Å². The number of aliphatic hydroxyl groups is 1. The molecule has 0 saturated heterocycles. The Labute approximate surface area is 104 Å². The molecule has 0 aliphatic carbocycles. The second-order valence-electron chi connectivity index (χ2n) is 5.13. The monoisotopic (exact) mass is 244 g/mol. The van der Waals surface area contributed by atoms with E-state index >= 15 is 0 Å². The van der Waals surface area contributed by atoms with Gasteiger partial charge >= 0.3 is 5.97 Å². The molecule has 0 rings (SSSR count). The number of aliphatic hydroxyl groups excluding tert-OH is 1. The first-order chi connectivity index (χ1) is 7.81. The molecule has 2 unspecified atom stereocenters. The lowest BCUT2D eigenvalue weighted by Gasteiger charge is -2.35. The maximum absolute atomic E-state index is 10.9. The fraction of sp³-hybridized carbons (Fsp3) is 0.769. The molecule has 4 heteroatoms. The fourth-order valence-corrected chi connectivity index (χ4v) is 1.61. The molecule has 0 bridgehead atoms. The summed E-state index contributed by atoms with van der Waals surface area (Å²) in [5.41, 5.74) is 0. The number of carboxylic acids is 1. The van der Waals surface area contributed by atoms with E-state index < -0.39 is 18.1 Å². The van der Waals surface area contributed by atoms with Gasteiger partial charge in [-0.25, -0.2) is 4.79 Å². The van der Waals surface area contributed by atoms with Gasteiger partial charge in [0.25, 0.3) is 0 Å². The summed E-state index contributed by atoms with van der Waals surface area (Å²) in [6, 6.07) is -0.510. The zero-order valence-electron chi connectivity index (χ0n) is 11.4. The Bertz CT molecular complexity index is 261. The number of rotatable bonds is 8. The van der Waals surface area contributed by atoms with E-state index in [2.05, 4.69) is 13.0 Å². The largest absolute Gasteiger partial charge is 0.477 e. The molecule has 0 aromatic heterocycles. The lowest BCUT2D eigenvalue weighted by molar-refractivity contribution is -0.907. The van der Waals surface area contributed by atoms with Gasteiger partial charge in [0.15, 0.2) is 6.04 Å². The van der Waals surface area contributed by atoms with Crippen molar-refractivity contribution in [2.75, 3.05) is 20.6 Å². The number of allylic oxidation sites excluding steroid dienone is 1. The highest BCUT2D eigenvalue weighted by molar-refractivity contribution is 5.71. The van der Waals surface area contributed by atoms with Gasteiger partial charge < -0.3 is 14.7 Å². The number of likely N-dealkylation sites (N-methyl/N-ethyl adjacent to an activating group) is 1. The number of nitrogens with zero attached hydrogens (tertiary/aromatic N) is 1. The molecule has 0 aromatic rings. The minimum Gasteiger partial charge on any atom is -0.477 e. The normalized spacial score (nSPS) is 16.1. The second kappa shape index (κ2) is 7.45. The summed E-state index contributed by atoms with van der Waals surface area (Å²) in [4.78, 5) is 10.9. The van der Waals surface area contributed by atoms with Crippen molar-refractivity contribution in [3.05, 3.63) is 12.2 Å². The summed E-state index contributed by atoms with van der Waals surface area (Å²) >= 11 is 0. The highest BCUT2D eigenvalue weighted by Crippen LogP contribution is 2.10. The van der Waals surface area contributed by atoms with Crippen molar-refractivity contribution in [2.45, 2.75) is 45.3 Å². The number of aliphatic carboxylic acids is 1. The van der Waals surface area contributed by atoms with Crippen LogP contribution in [0.4, 0.5) is 0 Å². The minimum atomic E-state index is -0.830. The van der Waals surface area contributed by atoms with Gasteiger partial charge in [0.1, 0.15) is 12.6 Å². The maximum Gasteiger partial charge on any atom is 0.362 e. The second-order valence-corrected chi connectivity index (χ2v) is 5.13. The van der Waals surface area contributed by atoms with E-state index in [1.54, 1.807) is 6.92 Å². The van der Waals surface area contributed by atoms with Crippen LogP contribution in [-0.4, -0.2) is 53.5 Å². The topological polar surface area (TPSA) is 57.5 Å². The van der Waals surface area contributed by atoms with Crippen molar-refractivity contribution >= 4 is 5.97 Å². The Balaban J connectivity index is 4.17. The molecule has 4 nitrogen and oxygen atoms in total. The molecule has 0 fully saturated rings. The maximum atomic E-state index is 10.9. The van der Waals surface area contributed by atoms with Gasteiger partial charge in [-0.3, -0.25) is 0 Å². The summed E-state index contributed by atoms with van der Waals surface area (Å²) in [6.45, 7) is 4.22. The first-order valence-electron chi connectivity index (χ1n) is 6.19. The molecule has 0 heterocycles. The lowest BCUT2D eigenvalue weighted by Crippen LogP contribution is -2.54. The van der Waals surface area contributed by atoms with Crippen molar-refractivity contribution < 1.29 is 19.5 Å². The average molecular weight is 244 g/mol. The van der Waals surface area contributed by atoms with Crippen LogP contribution in [0.5, 0.6) is 0 Å². The molecule has 2 atom stereocenters. The van der Waals surface area contributed by atoms with Crippen LogP contribution in [0, 0.1) is 0 Å². The van der Waals surface area contributed by atoms with Crippen LogP contribution < -0.4 is 0 Å². The molecule has 17 heavy (non-hydrogen) atoms. The van der Waals surface area contributed by atoms with Gasteiger partial charge in [-0.05, 0) is 19.8 Å². The predicted octanol–water partition coefficient (Wildman–Crippen LogP) is 1.64. The van der Waals surface area contributed by atoms with E-state index in [9.17, 15) is 9.90 Å². The molecule has 2 N–H and O–H groups in total. The molecule has 0 saturated carbocycles. The fourth-order valence-electron chi connectivity index (χ4n) is 1.61. The smallest absolute Gasteiger partial charge is 0.362 e. The van der Waals surface area contributed by atoms with Gasteiger partial charge in [0.05, 0.1) is 14.1 Å². The summed E-state index contributed by atoms with van der Waals surface area (Å²) in [7, 11) is 3.66. The van der Waals surface area contributed by atoms with Gasteiger partial charge in [0.2, 0.25) is 0 Å². The van der Waals surface area contributed by atoms with Crippen molar-refractivity contribution in [3.63, 3.8) is 0 Å². The molecule has 0 radical (unpaired) electrons. The van der Waals surface area contributed by atoms with Crippen molar-refractivity contribution in [1.29, 1.82) is 0 Å². The first kappa shape index (κ1) is 16.1. The van der Waals surface area contributed by atoms with Crippen LogP contribution in [0.1, 0.15) is 33.1 Å². The van der Waals surface area contributed by atoms with Crippen LogP contribution in [0.25, 0.3) is 0 Å². The molecule has 100 valence electrons. The van der Waals surface area contributed by atoms with Crippen molar-refractivity contribution in [1.82, 2.24) is 0 Å². The van der Waals surface area contributed by atoms with E-state index in [-0.39, 0.29) is 4.48 Å². The molecular formula is C13H26NO3+. The summed E-state index contributed by atoms with van der Waals surface area (Å²) in [5.74, 6) is -0.830. The van der Waals surface area contributed by atoms with Gasteiger partial charge in [0, 0.05) is 0 Å². The minimum absolute atomic E-state index is 0.290. The third-order valence-corrected chi connectivity index (χ3v) is 3.12. The Hall–Kier alpha value is -0.870. The number of carboxylic acid groups (broad SMARTS) is 1. The zero-order chi connectivity index (χ0) is 13.5. The molecular weight excluding hydrogens is 218 g/mol. The highest BCUT2D eigenvalue weighted by Gasteiger charge is 2.31. The standard InChI is InChI=1S/C13H25NO3/c1-5-6-7-8-9-12(15)10-14(3,4)11(2)13(16)17/h7-8,11-12,15H,5-6,9-10H2,1-4H3/p+1/b8-7+. The van der Waals surface area contributed by atoms with Crippen LogP contribution in [0.2, 0.25) is 0 Å². The summed E-state index contributed by atoms with van der Waals surface area (Å²) in [5, 5.41) is 18.8. The third-order valence-electron chi connectivity index (χ3n) is 3.12. The number of hydrogen-bond acceptors (Lipinski definition) is 2. The summed E-state index contributed by atoms with van der Waals surface area (Å²) in [6.07, 6.45) is 6.26. The van der Waals surface area contributed by atoms with E-state index in [0.717, 1.165) is 12.8 Å². The first-order valence-corrected chi connectivity index (χ1v) is 6.19.